The van der Waals surface area contributed by atoms with Crippen LogP contribution in [0.4, 0.5) is 5.69 Å². The monoisotopic (exact) mass is 366 g/mol. The lowest BCUT2D eigenvalue weighted by atomic mass is 9.98. The van der Waals surface area contributed by atoms with E-state index in [9.17, 15) is 13.2 Å². The zero-order valence-corrected chi connectivity index (χ0v) is 16.1. The minimum absolute atomic E-state index is 0.0108. The van der Waals surface area contributed by atoms with E-state index < -0.39 is 10.0 Å². The van der Waals surface area contributed by atoms with Crippen LogP contribution in [0.5, 0.6) is 0 Å². The molecule has 5 nitrogen and oxygen atoms in total. The molecular weight excluding hydrogens is 336 g/mol. The van der Waals surface area contributed by atoms with Crippen molar-refractivity contribution >= 4 is 21.6 Å². The number of unbranched alkanes of at least 4 members (excludes halogenated alkanes) is 1. The molecule has 1 heterocycles. The maximum Gasteiger partial charge on any atom is 0.243 e. The van der Waals surface area contributed by atoms with Crippen LogP contribution in [-0.4, -0.2) is 31.7 Å². The normalized spacial score (nSPS) is 17.2. The highest BCUT2D eigenvalue weighted by atomic mass is 32.2. The Labute approximate surface area is 151 Å². The predicted octanol–water partition coefficient (Wildman–Crippen LogP) is 4.02. The van der Waals surface area contributed by atoms with Crippen molar-refractivity contribution in [1.82, 2.24) is 4.31 Å². The van der Waals surface area contributed by atoms with E-state index in [0.717, 1.165) is 44.9 Å². The molecule has 0 aromatic heterocycles. The highest BCUT2D eigenvalue weighted by Gasteiger charge is 2.25. The van der Waals surface area contributed by atoms with Crippen LogP contribution in [0.25, 0.3) is 0 Å². The van der Waals surface area contributed by atoms with Gasteiger partial charge in [0.2, 0.25) is 15.9 Å². The van der Waals surface area contributed by atoms with Crippen LogP contribution in [0.2, 0.25) is 0 Å². The molecule has 1 saturated heterocycles. The summed E-state index contributed by atoms with van der Waals surface area (Å²) in [6.45, 7) is 5.33. The molecule has 1 aliphatic rings. The fourth-order valence-electron chi connectivity index (χ4n) is 3.18. The number of benzene rings is 1. The quantitative estimate of drug-likeness (QED) is 0.756. The molecule has 2 rings (SSSR count). The molecule has 0 bridgehead atoms. The van der Waals surface area contributed by atoms with E-state index in [1.165, 1.54) is 0 Å². The van der Waals surface area contributed by atoms with Gasteiger partial charge in [-0.1, -0.05) is 33.1 Å². The van der Waals surface area contributed by atoms with Crippen LogP contribution in [0, 0.1) is 5.92 Å². The van der Waals surface area contributed by atoms with E-state index >= 15 is 0 Å². The van der Waals surface area contributed by atoms with Gasteiger partial charge in [0.15, 0.2) is 0 Å². The first-order valence-electron chi connectivity index (χ1n) is 9.40. The van der Waals surface area contributed by atoms with E-state index in [-0.39, 0.29) is 11.8 Å². The lowest BCUT2D eigenvalue weighted by molar-refractivity contribution is -0.120. The molecule has 6 heteroatoms. The molecule has 1 amide bonds. The molecule has 1 unspecified atom stereocenters. The van der Waals surface area contributed by atoms with Crippen LogP contribution in [0.1, 0.15) is 58.8 Å². The molecule has 1 atom stereocenters. The highest BCUT2D eigenvalue weighted by Crippen LogP contribution is 2.22. The number of carbonyl (C=O) groups excluding carboxylic acids is 1. The van der Waals surface area contributed by atoms with Gasteiger partial charge in [0.25, 0.3) is 0 Å². The largest absolute Gasteiger partial charge is 0.326 e. The summed E-state index contributed by atoms with van der Waals surface area (Å²) in [7, 11) is -3.42. The second kappa shape index (κ2) is 9.34. The number of sulfonamides is 1. The molecule has 1 fully saturated rings. The summed E-state index contributed by atoms with van der Waals surface area (Å²) in [5.41, 5.74) is 0.651. The molecule has 140 valence electrons. The smallest absolute Gasteiger partial charge is 0.243 e. The molecule has 0 aliphatic carbocycles. The van der Waals surface area contributed by atoms with Crippen LogP contribution in [0.3, 0.4) is 0 Å². The van der Waals surface area contributed by atoms with E-state index in [1.807, 2.05) is 6.92 Å². The van der Waals surface area contributed by atoms with Crippen LogP contribution in [0.15, 0.2) is 29.2 Å². The fraction of sp³-hybridized carbons (Fsp3) is 0.632. The van der Waals surface area contributed by atoms with Crippen molar-refractivity contribution in [3.8, 4) is 0 Å². The van der Waals surface area contributed by atoms with Gasteiger partial charge in [0.05, 0.1) is 4.90 Å². The van der Waals surface area contributed by atoms with E-state index in [4.69, 9.17) is 0 Å². The summed E-state index contributed by atoms with van der Waals surface area (Å²) in [6, 6.07) is 6.54. The molecule has 25 heavy (non-hydrogen) atoms. The lowest BCUT2D eigenvalue weighted by Gasteiger charge is -2.25. The third-order valence-corrected chi connectivity index (χ3v) is 6.76. The van der Waals surface area contributed by atoms with Crippen LogP contribution in [-0.2, 0) is 14.8 Å². The highest BCUT2D eigenvalue weighted by molar-refractivity contribution is 7.89. The number of hydrogen-bond acceptors (Lipinski definition) is 3. The van der Waals surface area contributed by atoms with Gasteiger partial charge in [0, 0.05) is 24.7 Å². The Hall–Kier alpha value is -1.40. The Morgan fingerprint density at radius 1 is 1.12 bits per heavy atom. The van der Waals surface area contributed by atoms with Crippen molar-refractivity contribution in [1.29, 1.82) is 0 Å². The van der Waals surface area contributed by atoms with Crippen LogP contribution < -0.4 is 5.32 Å². The molecule has 1 aromatic carbocycles. The molecule has 0 saturated carbocycles. The van der Waals surface area contributed by atoms with Gasteiger partial charge in [-0.25, -0.2) is 8.42 Å². The summed E-state index contributed by atoms with van der Waals surface area (Å²) < 4.78 is 26.8. The minimum Gasteiger partial charge on any atom is -0.326 e. The topological polar surface area (TPSA) is 66.5 Å². The molecular formula is C19H30N2O3S. The first-order valence-corrected chi connectivity index (χ1v) is 10.8. The van der Waals surface area contributed by atoms with E-state index in [0.29, 0.717) is 23.7 Å². The van der Waals surface area contributed by atoms with Gasteiger partial charge in [-0.05, 0) is 49.9 Å². The number of hydrogen-bond donors (Lipinski definition) is 1. The summed E-state index contributed by atoms with van der Waals surface area (Å²) in [5.74, 6) is 0.0271. The first kappa shape index (κ1) is 19.9. The summed E-state index contributed by atoms with van der Waals surface area (Å²) in [6.07, 6.45) is 6.75. The Morgan fingerprint density at radius 2 is 1.76 bits per heavy atom. The van der Waals surface area contributed by atoms with Gasteiger partial charge in [0.1, 0.15) is 0 Å². The summed E-state index contributed by atoms with van der Waals surface area (Å²) in [5, 5.41) is 2.91. The van der Waals surface area contributed by atoms with Gasteiger partial charge in [-0.15, -0.1) is 0 Å². The fourth-order valence-corrected chi connectivity index (χ4v) is 4.70. The number of piperidine rings is 1. The Balaban J connectivity index is 2.02. The standard InChI is InChI=1S/C19H30N2O3S/c1-3-5-9-16(4-2)19(22)20-17-10-12-18(13-11-17)25(23,24)21-14-7-6-8-15-21/h10-13,16H,3-9,14-15H2,1-2H3,(H,20,22). The number of rotatable bonds is 8. The first-order chi connectivity index (χ1) is 12.0. The average Bonchev–Trinajstić information content (AvgIpc) is 2.63. The minimum atomic E-state index is -3.42. The zero-order chi connectivity index (χ0) is 18.3. The molecule has 0 spiro atoms. The van der Waals surface area contributed by atoms with E-state index in [1.54, 1.807) is 28.6 Å². The average molecular weight is 367 g/mol. The number of anilines is 1. The Kier molecular flexibility index (Phi) is 7.44. The van der Waals surface area contributed by atoms with E-state index in [2.05, 4.69) is 12.2 Å². The third-order valence-electron chi connectivity index (χ3n) is 4.84. The van der Waals surface area contributed by atoms with Gasteiger partial charge < -0.3 is 5.32 Å². The van der Waals surface area contributed by atoms with Crippen molar-refractivity contribution < 1.29 is 13.2 Å². The number of amides is 1. The van der Waals surface area contributed by atoms with Gasteiger partial charge in [-0.2, -0.15) is 4.31 Å². The third kappa shape index (κ3) is 5.28. The number of nitrogens with zero attached hydrogens (tertiary/aromatic N) is 1. The zero-order valence-electron chi connectivity index (χ0n) is 15.3. The number of nitrogens with one attached hydrogen (secondary N) is 1. The lowest BCUT2D eigenvalue weighted by Crippen LogP contribution is -2.35. The molecule has 1 aromatic rings. The second-order valence-corrected chi connectivity index (χ2v) is 8.66. The van der Waals surface area contributed by atoms with Crippen molar-refractivity contribution in [2.24, 2.45) is 5.92 Å². The molecule has 1 aliphatic heterocycles. The maximum atomic E-state index is 12.6. The van der Waals surface area contributed by atoms with Gasteiger partial charge >= 0.3 is 0 Å². The maximum absolute atomic E-state index is 12.6. The van der Waals surface area contributed by atoms with Crippen molar-refractivity contribution in [3.63, 3.8) is 0 Å². The van der Waals surface area contributed by atoms with Crippen molar-refractivity contribution in [2.45, 2.75) is 63.7 Å². The summed E-state index contributed by atoms with van der Waals surface area (Å²) in [4.78, 5) is 12.6. The van der Waals surface area contributed by atoms with Crippen molar-refractivity contribution in [2.75, 3.05) is 18.4 Å². The molecule has 1 N–H and O–H groups in total. The number of carbonyl (C=O) groups is 1. The van der Waals surface area contributed by atoms with Gasteiger partial charge in [-0.3, -0.25) is 4.79 Å². The second-order valence-electron chi connectivity index (χ2n) is 6.73. The summed E-state index contributed by atoms with van der Waals surface area (Å²) >= 11 is 0. The Morgan fingerprint density at radius 3 is 2.32 bits per heavy atom. The molecule has 0 radical (unpaired) electrons. The van der Waals surface area contributed by atoms with Crippen molar-refractivity contribution in [3.05, 3.63) is 24.3 Å². The van der Waals surface area contributed by atoms with Crippen LogP contribution >= 0.6 is 0 Å². The SMILES string of the molecule is CCCCC(CC)C(=O)Nc1ccc(S(=O)(=O)N2CCCCC2)cc1. The predicted molar refractivity (Wildman–Crippen MR) is 101 cm³/mol. The Bertz CT molecular complexity index is 650.